The Morgan fingerprint density at radius 3 is 2.38 bits per heavy atom. The Hall–Kier alpha value is -1.29. The number of aliphatic hydroxyl groups is 1. The fourth-order valence-electron chi connectivity index (χ4n) is 1.20. The molecule has 0 aliphatic rings. The fourth-order valence-corrected chi connectivity index (χ4v) is 1.20. The third kappa shape index (κ3) is 1.89. The van der Waals surface area contributed by atoms with E-state index in [0.29, 0.717) is 11.3 Å². The van der Waals surface area contributed by atoms with Crippen LogP contribution in [-0.4, -0.2) is 22.3 Å². The normalized spacial score (nSPS) is 11.4. The van der Waals surface area contributed by atoms with Gasteiger partial charge in [-0.3, -0.25) is 4.98 Å². The van der Waals surface area contributed by atoms with Crippen LogP contribution in [0.15, 0.2) is 12.4 Å². The third-order valence-corrected chi connectivity index (χ3v) is 1.72. The Labute approximate surface area is 76.8 Å². The van der Waals surface area contributed by atoms with Gasteiger partial charge in [0.25, 0.3) is 0 Å². The zero-order chi connectivity index (χ0) is 10.1. The van der Waals surface area contributed by atoms with Gasteiger partial charge >= 0.3 is 0 Å². The van der Waals surface area contributed by atoms with Crippen molar-refractivity contribution < 1.29 is 14.9 Å². The molecular formula is C9H13NO3. The Morgan fingerprint density at radius 1 is 1.38 bits per heavy atom. The van der Waals surface area contributed by atoms with Gasteiger partial charge in [0.1, 0.15) is 11.5 Å². The number of methoxy groups -OCH3 is 1. The van der Waals surface area contributed by atoms with Gasteiger partial charge in [0.2, 0.25) is 0 Å². The average Bonchev–Trinajstić information content (AvgIpc) is 2.01. The van der Waals surface area contributed by atoms with E-state index in [1.807, 2.05) is 0 Å². The molecule has 1 aromatic heterocycles. The van der Waals surface area contributed by atoms with Crippen LogP contribution < -0.4 is 4.74 Å². The van der Waals surface area contributed by atoms with Crippen LogP contribution in [0.3, 0.4) is 0 Å². The Balaban J connectivity index is 3.32. The van der Waals surface area contributed by atoms with Crippen molar-refractivity contribution in [3.63, 3.8) is 0 Å². The molecule has 13 heavy (non-hydrogen) atoms. The van der Waals surface area contributed by atoms with E-state index in [-0.39, 0.29) is 5.75 Å². The second kappa shape index (κ2) is 3.22. The number of aromatic hydroxyl groups is 1. The van der Waals surface area contributed by atoms with Gasteiger partial charge in [0, 0.05) is 0 Å². The summed E-state index contributed by atoms with van der Waals surface area (Å²) >= 11 is 0. The summed E-state index contributed by atoms with van der Waals surface area (Å²) in [5, 5.41) is 19.2. The van der Waals surface area contributed by atoms with Gasteiger partial charge in [-0.2, -0.15) is 0 Å². The van der Waals surface area contributed by atoms with Crippen molar-refractivity contribution in [2.75, 3.05) is 7.11 Å². The minimum Gasteiger partial charge on any atom is -0.506 e. The first-order valence-corrected chi connectivity index (χ1v) is 3.90. The minimum absolute atomic E-state index is 0.0631. The molecule has 1 heterocycles. The van der Waals surface area contributed by atoms with Crippen molar-refractivity contribution in [2.24, 2.45) is 0 Å². The fraction of sp³-hybridized carbons (Fsp3) is 0.444. The maximum Gasteiger partial charge on any atom is 0.146 e. The van der Waals surface area contributed by atoms with E-state index in [1.54, 1.807) is 13.8 Å². The number of nitrogens with zero attached hydrogens (tertiary/aromatic N) is 1. The van der Waals surface area contributed by atoms with Crippen LogP contribution in [0, 0.1) is 0 Å². The zero-order valence-electron chi connectivity index (χ0n) is 7.90. The van der Waals surface area contributed by atoms with Gasteiger partial charge in [0.05, 0.1) is 30.7 Å². The van der Waals surface area contributed by atoms with E-state index >= 15 is 0 Å². The molecule has 0 amide bonds. The first-order chi connectivity index (χ1) is 5.96. The molecule has 0 aliphatic carbocycles. The Bertz CT molecular complexity index is 304. The summed E-state index contributed by atoms with van der Waals surface area (Å²) in [6.07, 6.45) is 2.73. The second-order valence-corrected chi connectivity index (χ2v) is 3.29. The molecule has 4 nitrogen and oxygen atoms in total. The number of aromatic nitrogens is 1. The molecule has 0 radical (unpaired) electrons. The van der Waals surface area contributed by atoms with Crippen LogP contribution in [-0.2, 0) is 5.60 Å². The second-order valence-electron chi connectivity index (χ2n) is 3.29. The molecule has 72 valence electrons. The molecule has 0 saturated heterocycles. The SMILES string of the molecule is COc1cncc(O)c1C(C)(C)O. The highest BCUT2D eigenvalue weighted by atomic mass is 16.5. The number of hydrogen-bond acceptors (Lipinski definition) is 4. The highest BCUT2D eigenvalue weighted by Crippen LogP contribution is 2.35. The minimum atomic E-state index is -1.14. The van der Waals surface area contributed by atoms with Crippen LogP contribution in [0.4, 0.5) is 0 Å². The Morgan fingerprint density at radius 2 is 2.00 bits per heavy atom. The molecule has 0 aromatic carbocycles. The summed E-state index contributed by atoms with van der Waals surface area (Å²) < 4.78 is 4.97. The Kier molecular flexibility index (Phi) is 2.43. The maximum absolute atomic E-state index is 9.71. The van der Waals surface area contributed by atoms with Gasteiger partial charge in [-0.15, -0.1) is 0 Å². The molecule has 1 aromatic rings. The zero-order valence-corrected chi connectivity index (χ0v) is 7.90. The van der Waals surface area contributed by atoms with E-state index in [4.69, 9.17) is 4.74 Å². The molecular weight excluding hydrogens is 170 g/mol. The van der Waals surface area contributed by atoms with E-state index in [0.717, 1.165) is 0 Å². The van der Waals surface area contributed by atoms with Crippen molar-refractivity contribution in [3.8, 4) is 11.5 Å². The quantitative estimate of drug-likeness (QED) is 0.718. The number of ether oxygens (including phenoxy) is 1. The monoisotopic (exact) mass is 183 g/mol. The molecule has 1 rings (SSSR count). The summed E-state index contributed by atoms with van der Waals surface area (Å²) in [5.41, 5.74) is -0.789. The summed E-state index contributed by atoms with van der Waals surface area (Å²) in [6.45, 7) is 3.15. The van der Waals surface area contributed by atoms with Gasteiger partial charge in [-0.25, -0.2) is 0 Å². The first-order valence-electron chi connectivity index (χ1n) is 3.90. The van der Waals surface area contributed by atoms with Crippen molar-refractivity contribution in [1.29, 1.82) is 0 Å². The van der Waals surface area contributed by atoms with Crippen molar-refractivity contribution in [3.05, 3.63) is 18.0 Å². The largest absolute Gasteiger partial charge is 0.506 e. The molecule has 0 fully saturated rings. The smallest absolute Gasteiger partial charge is 0.146 e. The van der Waals surface area contributed by atoms with Crippen molar-refractivity contribution in [2.45, 2.75) is 19.4 Å². The summed E-state index contributed by atoms with van der Waals surface area (Å²) in [5.74, 6) is 0.319. The lowest BCUT2D eigenvalue weighted by atomic mass is 9.98. The summed E-state index contributed by atoms with van der Waals surface area (Å²) in [7, 11) is 1.46. The molecule has 2 N–H and O–H groups in total. The first kappa shape index (κ1) is 9.80. The number of pyridine rings is 1. The number of hydrogen-bond donors (Lipinski definition) is 2. The predicted octanol–water partition coefficient (Wildman–Crippen LogP) is 1.02. The summed E-state index contributed by atoms with van der Waals surface area (Å²) in [6, 6.07) is 0. The van der Waals surface area contributed by atoms with Crippen molar-refractivity contribution >= 4 is 0 Å². The van der Waals surface area contributed by atoms with Gasteiger partial charge in [-0.05, 0) is 13.8 Å². The van der Waals surface area contributed by atoms with Gasteiger partial charge in [-0.1, -0.05) is 0 Å². The van der Waals surface area contributed by atoms with Crippen LogP contribution in [0.1, 0.15) is 19.4 Å². The highest BCUT2D eigenvalue weighted by Gasteiger charge is 2.24. The predicted molar refractivity (Wildman–Crippen MR) is 47.7 cm³/mol. The molecule has 0 saturated carbocycles. The molecule has 4 heteroatoms. The van der Waals surface area contributed by atoms with E-state index in [2.05, 4.69) is 4.98 Å². The van der Waals surface area contributed by atoms with Crippen LogP contribution in [0.2, 0.25) is 0 Å². The van der Waals surface area contributed by atoms with Crippen LogP contribution in [0.25, 0.3) is 0 Å². The lowest BCUT2D eigenvalue weighted by Crippen LogP contribution is -2.17. The van der Waals surface area contributed by atoms with Crippen molar-refractivity contribution in [1.82, 2.24) is 4.98 Å². The topological polar surface area (TPSA) is 62.6 Å². The number of rotatable bonds is 2. The van der Waals surface area contributed by atoms with Crippen LogP contribution >= 0.6 is 0 Å². The maximum atomic E-state index is 9.71. The van der Waals surface area contributed by atoms with Crippen LogP contribution in [0.5, 0.6) is 11.5 Å². The summed E-state index contributed by atoms with van der Waals surface area (Å²) in [4.78, 5) is 3.74. The third-order valence-electron chi connectivity index (χ3n) is 1.72. The molecule has 0 spiro atoms. The van der Waals surface area contributed by atoms with Gasteiger partial charge in [0.15, 0.2) is 0 Å². The van der Waals surface area contributed by atoms with Gasteiger partial charge < -0.3 is 14.9 Å². The lowest BCUT2D eigenvalue weighted by Gasteiger charge is -2.21. The average molecular weight is 183 g/mol. The van der Waals surface area contributed by atoms with E-state index in [1.165, 1.54) is 19.5 Å². The highest BCUT2D eigenvalue weighted by molar-refractivity contribution is 5.44. The molecule has 0 unspecified atom stereocenters. The molecule has 0 bridgehead atoms. The molecule has 0 atom stereocenters. The lowest BCUT2D eigenvalue weighted by molar-refractivity contribution is 0.0726. The standard InChI is InChI=1S/C9H13NO3/c1-9(2,12)8-6(11)4-10-5-7(8)13-3/h4-5,11-12H,1-3H3. The van der Waals surface area contributed by atoms with E-state index < -0.39 is 5.60 Å². The molecule has 0 aliphatic heterocycles. The van der Waals surface area contributed by atoms with E-state index in [9.17, 15) is 10.2 Å².